The number of aliphatic hydroxyl groups excluding tert-OH is 1. The fourth-order valence-corrected chi connectivity index (χ4v) is 8.29. The molecular weight excluding hydrogens is 752 g/mol. The lowest BCUT2D eigenvalue weighted by atomic mass is 9.57. The first-order valence-electron chi connectivity index (χ1n) is 18.3. The van der Waals surface area contributed by atoms with Crippen molar-refractivity contribution in [2.75, 3.05) is 28.4 Å². The van der Waals surface area contributed by atoms with Gasteiger partial charge < -0.3 is 48.5 Å². The third kappa shape index (κ3) is 6.59. The van der Waals surface area contributed by atoms with Gasteiger partial charge in [-0.3, -0.25) is 9.59 Å². The van der Waals surface area contributed by atoms with Gasteiger partial charge in [0.1, 0.15) is 41.0 Å². The van der Waals surface area contributed by atoms with Crippen molar-refractivity contribution < 1.29 is 67.7 Å². The highest BCUT2D eigenvalue weighted by molar-refractivity contribution is 6.20. The Bertz CT molecular complexity index is 2400. The standard InChI is InChI=1S/C44H40O14/c1-20(56-43(50)22-10-8-7-9-11-22)16-25-31-32-26(17-21(2)57-44(51)58-24-14-12-23(45)13-15-24)42(55-6)40(49)34-28(47)19-30(53-4)36(38(32)34)35-29(52-3)18-27(46)33(37(31)35)39(48)41(25)54-5/h7-15,18-21,35,37,45,47-48H,16-17H2,1-6H3. The highest BCUT2D eigenvalue weighted by Gasteiger charge is 2.54. The van der Waals surface area contributed by atoms with Crippen molar-refractivity contribution in [2.45, 2.75) is 44.8 Å². The lowest BCUT2D eigenvalue weighted by molar-refractivity contribution is -0.112. The molecule has 0 fully saturated rings. The van der Waals surface area contributed by atoms with Crippen molar-refractivity contribution in [1.82, 2.24) is 0 Å². The number of methoxy groups -OCH3 is 4. The largest absolute Gasteiger partial charge is 0.514 e. The molecule has 7 rings (SSSR count). The molecule has 4 unspecified atom stereocenters. The maximum atomic E-state index is 14.5. The first-order valence-corrected chi connectivity index (χ1v) is 18.3. The van der Waals surface area contributed by atoms with Gasteiger partial charge in [-0.2, -0.15) is 0 Å². The molecule has 58 heavy (non-hydrogen) atoms. The van der Waals surface area contributed by atoms with Gasteiger partial charge in [-0.1, -0.05) is 18.2 Å². The fourth-order valence-electron chi connectivity index (χ4n) is 8.29. The second kappa shape index (κ2) is 15.5. The Balaban J connectivity index is 1.46. The number of aromatic hydroxyl groups is 2. The van der Waals surface area contributed by atoms with Crippen LogP contribution in [0, 0.1) is 5.92 Å². The quantitative estimate of drug-likeness (QED) is 0.124. The predicted octanol–water partition coefficient (Wildman–Crippen LogP) is 7.14. The van der Waals surface area contributed by atoms with Crippen LogP contribution in [0.3, 0.4) is 0 Å². The minimum Gasteiger partial charge on any atom is -0.508 e. The van der Waals surface area contributed by atoms with Gasteiger partial charge in [0.2, 0.25) is 5.78 Å². The average Bonchev–Trinajstić information content (AvgIpc) is 3.19. The van der Waals surface area contributed by atoms with Gasteiger partial charge in [0.15, 0.2) is 23.1 Å². The van der Waals surface area contributed by atoms with Gasteiger partial charge in [-0.15, -0.1) is 0 Å². The number of esters is 1. The van der Waals surface area contributed by atoms with Crippen LogP contribution in [-0.2, 0) is 28.5 Å². The normalized spacial score (nSPS) is 19.1. The molecule has 0 amide bonds. The molecule has 4 atom stereocenters. The third-order valence-corrected chi connectivity index (χ3v) is 10.5. The van der Waals surface area contributed by atoms with Crippen LogP contribution in [-0.4, -0.2) is 79.7 Å². The number of hydrogen-bond acceptors (Lipinski definition) is 14. The minimum atomic E-state index is -1.07. The molecule has 3 N–H and O–H groups in total. The smallest absolute Gasteiger partial charge is 0.508 e. The van der Waals surface area contributed by atoms with E-state index in [9.17, 15) is 34.5 Å². The summed E-state index contributed by atoms with van der Waals surface area (Å²) in [5.41, 5.74) is 2.07. The molecule has 0 radical (unpaired) electrons. The van der Waals surface area contributed by atoms with E-state index < -0.39 is 59.2 Å². The van der Waals surface area contributed by atoms with E-state index in [0.29, 0.717) is 27.8 Å². The zero-order valence-electron chi connectivity index (χ0n) is 32.4. The van der Waals surface area contributed by atoms with E-state index in [2.05, 4.69) is 0 Å². The molecule has 3 aromatic carbocycles. The maximum Gasteiger partial charge on any atom is 0.514 e. The van der Waals surface area contributed by atoms with Crippen molar-refractivity contribution in [1.29, 1.82) is 0 Å². The Kier molecular flexibility index (Phi) is 10.5. The summed E-state index contributed by atoms with van der Waals surface area (Å²) in [6.45, 7) is 3.25. The minimum absolute atomic E-state index is 0.0258. The van der Waals surface area contributed by atoms with E-state index in [0.717, 1.165) is 0 Å². The SMILES string of the molecule is COC1=CC(=O)C2=C(O)C(OC)=C(CC(C)OC(=O)c3ccccc3)C3=C4C(CC(C)OC(=O)Oc5ccc(O)cc5)=C(OC)C(=O)c5c(O)cc(OC)c(c54)C1C23. The van der Waals surface area contributed by atoms with Crippen molar-refractivity contribution in [3.05, 3.63) is 134 Å². The number of ether oxygens (including phenoxy) is 7. The van der Waals surface area contributed by atoms with Crippen molar-refractivity contribution in [3.63, 3.8) is 0 Å². The maximum absolute atomic E-state index is 14.5. The van der Waals surface area contributed by atoms with E-state index >= 15 is 0 Å². The van der Waals surface area contributed by atoms with E-state index in [1.54, 1.807) is 44.2 Å². The van der Waals surface area contributed by atoms with Gasteiger partial charge in [0.05, 0.1) is 51.1 Å². The Morgan fingerprint density at radius 2 is 1.38 bits per heavy atom. The summed E-state index contributed by atoms with van der Waals surface area (Å²) in [6.07, 6.45) is -1.86. The number of benzene rings is 3. The molecular formula is C44H40O14. The lowest BCUT2D eigenvalue weighted by Gasteiger charge is -2.46. The van der Waals surface area contributed by atoms with E-state index in [1.165, 1.54) is 64.8 Å². The van der Waals surface area contributed by atoms with Gasteiger partial charge >= 0.3 is 12.1 Å². The molecule has 0 aliphatic heterocycles. The summed E-state index contributed by atoms with van der Waals surface area (Å²) in [5, 5.41) is 33.1. The molecule has 14 heteroatoms. The molecule has 0 spiro atoms. The Morgan fingerprint density at radius 1 is 0.724 bits per heavy atom. The number of hydrogen-bond donors (Lipinski definition) is 3. The van der Waals surface area contributed by atoms with Crippen LogP contribution in [0.4, 0.5) is 4.79 Å². The first-order chi connectivity index (χ1) is 27.8. The summed E-state index contributed by atoms with van der Waals surface area (Å²) in [4.78, 5) is 54.8. The zero-order chi connectivity index (χ0) is 41.6. The van der Waals surface area contributed by atoms with Crippen LogP contribution in [0.25, 0.3) is 5.57 Å². The second-order valence-corrected chi connectivity index (χ2v) is 14.0. The molecule has 14 nitrogen and oxygen atoms in total. The van der Waals surface area contributed by atoms with Gasteiger partial charge in [-0.25, -0.2) is 9.59 Å². The second-order valence-electron chi connectivity index (χ2n) is 14.0. The number of Topliss-reactive ketones (excluding diaryl/α,β-unsaturated/α-hetero) is 1. The number of carbonyl (C=O) groups is 4. The Labute approximate surface area is 332 Å². The molecule has 0 heterocycles. The third-order valence-electron chi connectivity index (χ3n) is 10.5. The molecule has 0 saturated heterocycles. The van der Waals surface area contributed by atoms with Gasteiger partial charge in [0.25, 0.3) is 0 Å². The molecule has 0 bridgehead atoms. The monoisotopic (exact) mass is 792 g/mol. The molecule has 4 aliphatic carbocycles. The number of phenols is 2. The van der Waals surface area contributed by atoms with Crippen LogP contribution in [0.5, 0.6) is 23.0 Å². The van der Waals surface area contributed by atoms with Crippen LogP contribution < -0.4 is 9.47 Å². The topological polar surface area (TPSA) is 194 Å². The summed E-state index contributed by atoms with van der Waals surface area (Å²) in [5.74, 6) is -4.40. The number of allylic oxidation sites excluding steroid dienone is 6. The molecule has 3 aromatic rings. The first kappa shape index (κ1) is 39.3. The number of aliphatic hydroxyl groups is 1. The summed E-state index contributed by atoms with van der Waals surface area (Å²) < 4.78 is 40.2. The Hall–Kier alpha value is -6.96. The Morgan fingerprint density at radius 3 is 2.02 bits per heavy atom. The number of phenolic OH excluding ortho intramolecular Hbond substituents is 2. The van der Waals surface area contributed by atoms with Crippen LogP contribution in [0.2, 0.25) is 0 Å². The van der Waals surface area contributed by atoms with Crippen LogP contribution in [0.15, 0.2) is 112 Å². The van der Waals surface area contributed by atoms with Crippen LogP contribution in [0.1, 0.15) is 64.4 Å². The number of fused-ring (bicyclic) bond motifs is 1. The molecule has 0 saturated carbocycles. The predicted molar refractivity (Wildman–Crippen MR) is 205 cm³/mol. The van der Waals surface area contributed by atoms with Crippen molar-refractivity contribution in [3.8, 4) is 23.0 Å². The summed E-state index contributed by atoms with van der Waals surface area (Å²) in [6, 6.07) is 15.1. The molecule has 0 aromatic heterocycles. The van der Waals surface area contributed by atoms with E-state index in [-0.39, 0.29) is 69.6 Å². The zero-order valence-corrected chi connectivity index (χ0v) is 32.4. The highest BCUT2D eigenvalue weighted by Crippen LogP contribution is 2.63. The lowest BCUT2D eigenvalue weighted by Crippen LogP contribution is -2.39. The van der Waals surface area contributed by atoms with Crippen LogP contribution >= 0.6 is 0 Å². The number of carbonyl (C=O) groups excluding carboxylic acids is 4. The van der Waals surface area contributed by atoms with E-state index in [1.807, 2.05) is 0 Å². The van der Waals surface area contributed by atoms with Crippen molar-refractivity contribution in [2.24, 2.45) is 5.92 Å². The fraction of sp³-hybridized carbons (Fsp3) is 0.273. The summed E-state index contributed by atoms with van der Waals surface area (Å²) in [7, 11) is 5.41. The summed E-state index contributed by atoms with van der Waals surface area (Å²) >= 11 is 0. The van der Waals surface area contributed by atoms with Gasteiger partial charge in [-0.05, 0) is 61.4 Å². The molecule has 4 aliphatic rings. The number of rotatable bonds is 12. The van der Waals surface area contributed by atoms with Gasteiger partial charge in [0, 0.05) is 53.2 Å². The van der Waals surface area contributed by atoms with E-state index in [4.69, 9.17) is 33.2 Å². The number of ketones is 2. The van der Waals surface area contributed by atoms with Crippen molar-refractivity contribution >= 4 is 29.3 Å². The molecule has 300 valence electrons. The average molecular weight is 793 g/mol. The highest BCUT2D eigenvalue weighted by atomic mass is 16.7.